The Morgan fingerprint density at radius 1 is 1.23 bits per heavy atom. The molecule has 0 saturated heterocycles. The minimum absolute atomic E-state index is 0.0240. The number of benzene rings is 2. The molecule has 1 aliphatic rings. The van der Waals surface area contributed by atoms with Crippen LogP contribution < -0.4 is 5.32 Å². The number of carbonyl (C=O) groups is 1. The summed E-state index contributed by atoms with van der Waals surface area (Å²) in [4.78, 5) is 13.4. The van der Waals surface area contributed by atoms with Crippen molar-refractivity contribution in [3.05, 3.63) is 65.5 Å². The van der Waals surface area contributed by atoms with E-state index in [4.69, 9.17) is 0 Å². The highest BCUT2D eigenvalue weighted by Crippen LogP contribution is 2.35. The van der Waals surface area contributed by atoms with Crippen LogP contribution in [0.4, 0.5) is 4.39 Å². The second-order valence-corrected chi connectivity index (χ2v) is 6.56. The van der Waals surface area contributed by atoms with Gasteiger partial charge in [-0.15, -0.1) is 11.8 Å². The summed E-state index contributed by atoms with van der Waals surface area (Å²) in [5, 5.41) is 3.11. The molecule has 1 aliphatic heterocycles. The maximum Gasteiger partial charge on any atom is 0.220 e. The Kier molecular flexibility index (Phi) is 4.78. The lowest BCUT2D eigenvalue weighted by atomic mass is 10.0. The molecule has 2 aromatic rings. The number of nitrogens with one attached hydrogen (secondary N) is 1. The molecular weight excluding hydrogens is 297 g/mol. The Hall–Kier alpha value is -1.81. The monoisotopic (exact) mass is 315 g/mol. The molecule has 2 nitrogen and oxygen atoms in total. The molecule has 0 saturated carbocycles. The van der Waals surface area contributed by atoms with E-state index in [0.717, 1.165) is 17.7 Å². The highest BCUT2D eigenvalue weighted by molar-refractivity contribution is 7.99. The molecule has 2 aromatic carbocycles. The highest BCUT2D eigenvalue weighted by Gasteiger charge is 2.21. The SMILES string of the molecule is O=C(CCc1cccc(F)c1)N[C@@H]1CCSc2ccccc21. The first-order valence-electron chi connectivity index (χ1n) is 7.48. The fourth-order valence-electron chi connectivity index (χ4n) is 2.71. The summed E-state index contributed by atoms with van der Waals surface area (Å²) in [6.45, 7) is 0. The largest absolute Gasteiger partial charge is 0.349 e. The molecule has 4 heteroatoms. The molecule has 3 rings (SSSR count). The summed E-state index contributed by atoms with van der Waals surface area (Å²) in [6, 6.07) is 14.7. The molecule has 114 valence electrons. The summed E-state index contributed by atoms with van der Waals surface area (Å²) >= 11 is 1.84. The fourth-order valence-corrected chi connectivity index (χ4v) is 3.83. The molecule has 1 atom stereocenters. The van der Waals surface area contributed by atoms with Gasteiger partial charge < -0.3 is 5.32 Å². The maximum atomic E-state index is 13.1. The van der Waals surface area contributed by atoms with Crippen molar-refractivity contribution in [1.29, 1.82) is 0 Å². The molecule has 0 aromatic heterocycles. The smallest absolute Gasteiger partial charge is 0.220 e. The molecule has 0 unspecified atom stereocenters. The van der Waals surface area contributed by atoms with Crippen LogP contribution in [0, 0.1) is 5.82 Å². The van der Waals surface area contributed by atoms with Gasteiger partial charge >= 0.3 is 0 Å². The van der Waals surface area contributed by atoms with E-state index < -0.39 is 0 Å². The molecule has 0 radical (unpaired) electrons. The van der Waals surface area contributed by atoms with Crippen LogP contribution in [0.25, 0.3) is 0 Å². The van der Waals surface area contributed by atoms with Crippen molar-refractivity contribution in [3.8, 4) is 0 Å². The third kappa shape index (κ3) is 3.69. The Balaban J connectivity index is 1.59. The van der Waals surface area contributed by atoms with Crippen LogP contribution in [-0.4, -0.2) is 11.7 Å². The molecule has 1 heterocycles. The number of hydrogen-bond acceptors (Lipinski definition) is 2. The maximum absolute atomic E-state index is 13.1. The number of hydrogen-bond donors (Lipinski definition) is 1. The summed E-state index contributed by atoms with van der Waals surface area (Å²) in [5.74, 6) is 0.790. The standard InChI is InChI=1S/C18H18FNOS/c19-14-5-3-4-13(12-14)8-9-18(21)20-16-10-11-22-17-7-2-1-6-15(16)17/h1-7,12,16H,8-11H2,(H,20,21)/t16-/m1/s1. The molecule has 0 aliphatic carbocycles. The predicted octanol–water partition coefficient (Wildman–Crippen LogP) is 4.11. The molecular formula is C18H18FNOS. The third-order valence-electron chi connectivity index (χ3n) is 3.82. The average molecular weight is 315 g/mol. The van der Waals surface area contributed by atoms with E-state index in [-0.39, 0.29) is 17.8 Å². The van der Waals surface area contributed by atoms with Gasteiger partial charge in [-0.2, -0.15) is 0 Å². The van der Waals surface area contributed by atoms with Crippen molar-refractivity contribution in [2.24, 2.45) is 0 Å². The van der Waals surface area contributed by atoms with Gasteiger partial charge in [0.05, 0.1) is 6.04 Å². The van der Waals surface area contributed by atoms with Crippen LogP contribution in [0.3, 0.4) is 0 Å². The van der Waals surface area contributed by atoms with Gasteiger partial charge in [0.25, 0.3) is 0 Å². The van der Waals surface area contributed by atoms with Crippen molar-refractivity contribution < 1.29 is 9.18 Å². The van der Waals surface area contributed by atoms with Crippen LogP contribution in [0.15, 0.2) is 53.4 Å². The van der Waals surface area contributed by atoms with Gasteiger partial charge in [-0.3, -0.25) is 4.79 Å². The lowest BCUT2D eigenvalue weighted by molar-refractivity contribution is -0.121. The van der Waals surface area contributed by atoms with Crippen molar-refractivity contribution in [3.63, 3.8) is 0 Å². The van der Waals surface area contributed by atoms with E-state index in [9.17, 15) is 9.18 Å². The highest BCUT2D eigenvalue weighted by atomic mass is 32.2. The molecule has 22 heavy (non-hydrogen) atoms. The minimum Gasteiger partial charge on any atom is -0.349 e. The van der Waals surface area contributed by atoms with Gasteiger partial charge in [-0.05, 0) is 42.2 Å². The van der Waals surface area contributed by atoms with Gasteiger partial charge in [-0.1, -0.05) is 30.3 Å². The molecule has 1 amide bonds. The first-order valence-corrected chi connectivity index (χ1v) is 8.46. The van der Waals surface area contributed by atoms with Crippen LogP contribution >= 0.6 is 11.8 Å². The summed E-state index contributed by atoms with van der Waals surface area (Å²) in [7, 11) is 0. The van der Waals surface area contributed by atoms with Gasteiger partial charge in [0, 0.05) is 17.1 Å². The number of amides is 1. The minimum atomic E-state index is -0.254. The van der Waals surface area contributed by atoms with E-state index in [1.54, 1.807) is 6.07 Å². The van der Waals surface area contributed by atoms with Gasteiger partial charge in [-0.25, -0.2) is 4.39 Å². The van der Waals surface area contributed by atoms with E-state index in [0.29, 0.717) is 12.8 Å². The predicted molar refractivity (Wildman–Crippen MR) is 87.4 cm³/mol. The van der Waals surface area contributed by atoms with Crippen molar-refractivity contribution >= 4 is 17.7 Å². The number of fused-ring (bicyclic) bond motifs is 1. The van der Waals surface area contributed by atoms with Crippen LogP contribution in [0.2, 0.25) is 0 Å². The zero-order valence-corrected chi connectivity index (χ0v) is 13.0. The van der Waals surface area contributed by atoms with Crippen LogP contribution in [-0.2, 0) is 11.2 Å². The first-order chi connectivity index (χ1) is 10.7. The van der Waals surface area contributed by atoms with Crippen LogP contribution in [0.1, 0.15) is 30.0 Å². The summed E-state index contributed by atoms with van der Waals surface area (Å²) in [6.07, 6.45) is 1.90. The third-order valence-corrected chi connectivity index (χ3v) is 4.95. The lowest BCUT2D eigenvalue weighted by Crippen LogP contribution is -2.30. The molecule has 1 N–H and O–H groups in total. The van der Waals surface area contributed by atoms with E-state index in [1.165, 1.54) is 22.6 Å². The second kappa shape index (κ2) is 6.97. The van der Waals surface area contributed by atoms with Gasteiger partial charge in [0.2, 0.25) is 5.91 Å². The van der Waals surface area contributed by atoms with E-state index >= 15 is 0 Å². The number of rotatable bonds is 4. The van der Waals surface area contributed by atoms with Crippen molar-refractivity contribution in [2.75, 3.05) is 5.75 Å². The van der Waals surface area contributed by atoms with Crippen molar-refractivity contribution in [2.45, 2.75) is 30.2 Å². The Labute approximate surface area is 134 Å². The fraction of sp³-hybridized carbons (Fsp3) is 0.278. The number of thioether (sulfide) groups is 1. The van der Waals surface area contributed by atoms with Gasteiger partial charge in [0.1, 0.15) is 5.82 Å². The average Bonchev–Trinajstić information content (AvgIpc) is 2.53. The summed E-state index contributed by atoms with van der Waals surface area (Å²) in [5.41, 5.74) is 2.06. The van der Waals surface area contributed by atoms with E-state index in [1.807, 2.05) is 30.0 Å². The topological polar surface area (TPSA) is 29.1 Å². The molecule has 0 fully saturated rings. The van der Waals surface area contributed by atoms with Gasteiger partial charge in [0.15, 0.2) is 0 Å². The number of aryl methyl sites for hydroxylation is 1. The zero-order chi connectivity index (χ0) is 15.4. The second-order valence-electron chi connectivity index (χ2n) is 5.42. The molecule has 0 spiro atoms. The molecule has 0 bridgehead atoms. The zero-order valence-electron chi connectivity index (χ0n) is 12.2. The van der Waals surface area contributed by atoms with Crippen LogP contribution in [0.5, 0.6) is 0 Å². The number of halogens is 1. The number of carbonyl (C=O) groups excluding carboxylic acids is 1. The quantitative estimate of drug-likeness (QED) is 0.920. The summed E-state index contributed by atoms with van der Waals surface area (Å²) < 4.78 is 13.1. The Morgan fingerprint density at radius 2 is 2.09 bits per heavy atom. The van der Waals surface area contributed by atoms with Crippen molar-refractivity contribution in [1.82, 2.24) is 5.32 Å². The Morgan fingerprint density at radius 3 is 2.95 bits per heavy atom. The Bertz CT molecular complexity index is 674. The normalized spacial score (nSPS) is 16.9. The van der Waals surface area contributed by atoms with E-state index in [2.05, 4.69) is 17.4 Å². The first kappa shape index (κ1) is 15.1. The lowest BCUT2D eigenvalue weighted by Gasteiger charge is -2.25.